The van der Waals surface area contributed by atoms with Crippen LogP contribution < -0.4 is 20.1 Å². The second-order valence-corrected chi connectivity index (χ2v) is 9.44. The molecule has 0 bridgehead atoms. The molecule has 1 atom stereocenters. The zero-order chi connectivity index (χ0) is 28.1. The number of pyridine rings is 2. The number of nitrogens with one attached hydrogen (secondary N) is 2. The molecule has 0 fully saturated rings. The summed E-state index contributed by atoms with van der Waals surface area (Å²) in [5.74, 6) is 0.461. The van der Waals surface area contributed by atoms with Gasteiger partial charge in [-0.2, -0.15) is 5.26 Å². The Morgan fingerprint density at radius 3 is 2.73 bits per heavy atom. The van der Waals surface area contributed by atoms with Crippen molar-refractivity contribution < 1.29 is 19.1 Å². The van der Waals surface area contributed by atoms with Crippen LogP contribution in [0.4, 0.5) is 17.1 Å². The van der Waals surface area contributed by atoms with E-state index in [9.17, 15) is 10.1 Å². The molecule has 0 radical (unpaired) electrons. The van der Waals surface area contributed by atoms with Crippen LogP contribution in [0.15, 0.2) is 66.1 Å². The molecule has 0 saturated heterocycles. The van der Waals surface area contributed by atoms with E-state index < -0.39 is 12.0 Å². The number of nitriles is 1. The van der Waals surface area contributed by atoms with Crippen molar-refractivity contribution in [1.29, 1.82) is 5.26 Å². The number of anilines is 3. The van der Waals surface area contributed by atoms with Gasteiger partial charge in [-0.15, -0.1) is 0 Å². The highest BCUT2D eigenvalue weighted by Gasteiger charge is 2.28. The summed E-state index contributed by atoms with van der Waals surface area (Å²) in [6.07, 6.45) is 2.47. The zero-order valence-electron chi connectivity index (χ0n) is 21.1. The Morgan fingerprint density at radius 2 is 2.02 bits per heavy atom. The SMILES string of the molecule is CCOc1cc2ncc(C#N)c(Nc3ccc(OCc4ccccn4)c(Cl)c3)c2cc1NC(=O)C1CC(Cl)=NO1. The Hall–Kier alpha value is -4.59. The van der Waals surface area contributed by atoms with Gasteiger partial charge in [0.05, 0.1) is 46.2 Å². The first-order valence-corrected chi connectivity index (χ1v) is 13.0. The van der Waals surface area contributed by atoms with Crippen molar-refractivity contribution in [3.8, 4) is 17.6 Å². The fourth-order valence-corrected chi connectivity index (χ4v) is 4.40. The lowest BCUT2D eigenvalue weighted by Crippen LogP contribution is -2.27. The van der Waals surface area contributed by atoms with Crippen molar-refractivity contribution in [2.75, 3.05) is 17.2 Å². The lowest BCUT2D eigenvalue weighted by molar-refractivity contribution is -0.125. The molecule has 0 saturated carbocycles. The molecule has 202 valence electrons. The third-order valence-corrected chi connectivity index (χ3v) is 6.39. The Balaban J connectivity index is 1.45. The van der Waals surface area contributed by atoms with E-state index in [-0.39, 0.29) is 18.2 Å². The molecule has 4 aromatic rings. The summed E-state index contributed by atoms with van der Waals surface area (Å²) in [4.78, 5) is 26.6. The molecule has 3 heterocycles. The second-order valence-electron chi connectivity index (χ2n) is 8.59. The standard InChI is InChI=1S/C28H22Cl2N6O4/c1-2-38-24-11-21-19(10-22(24)35-28(37)25-12-26(30)36-40-25)27(16(13-31)14-33-21)34-17-6-7-23(20(29)9-17)39-15-18-5-3-4-8-32-18/h3-11,14,25H,2,12,15H2,1H3,(H,33,34)(H,35,37). The van der Waals surface area contributed by atoms with Gasteiger partial charge in [-0.25, -0.2) is 0 Å². The number of hydrogen-bond acceptors (Lipinski definition) is 9. The Labute approximate surface area is 239 Å². The fraction of sp³-hybridized carbons (Fsp3) is 0.179. The lowest BCUT2D eigenvalue weighted by Gasteiger charge is -2.17. The van der Waals surface area contributed by atoms with Gasteiger partial charge in [0, 0.05) is 29.5 Å². The number of aromatic nitrogens is 2. The Bertz CT molecular complexity index is 1640. The zero-order valence-corrected chi connectivity index (χ0v) is 22.7. The largest absolute Gasteiger partial charge is 0.492 e. The minimum atomic E-state index is -0.862. The van der Waals surface area contributed by atoms with E-state index in [1.807, 2.05) is 25.1 Å². The molecule has 1 aliphatic rings. The van der Waals surface area contributed by atoms with Gasteiger partial charge in [-0.05, 0) is 43.3 Å². The normalized spacial score (nSPS) is 14.2. The maximum atomic E-state index is 12.8. The molecule has 2 aromatic heterocycles. The third kappa shape index (κ3) is 6.01. The highest BCUT2D eigenvalue weighted by molar-refractivity contribution is 6.65. The molecule has 2 aromatic carbocycles. The number of carbonyl (C=O) groups is 1. The van der Waals surface area contributed by atoms with Crippen LogP contribution in [0.3, 0.4) is 0 Å². The van der Waals surface area contributed by atoms with Crippen LogP contribution in [-0.2, 0) is 16.2 Å². The van der Waals surface area contributed by atoms with E-state index in [2.05, 4.69) is 31.8 Å². The first-order valence-electron chi connectivity index (χ1n) is 12.2. The lowest BCUT2D eigenvalue weighted by atomic mass is 10.1. The van der Waals surface area contributed by atoms with Gasteiger partial charge in [-0.3, -0.25) is 14.8 Å². The smallest absolute Gasteiger partial charge is 0.268 e. The quantitative estimate of drug-likeness (QED) is 0.242. The number of benzene rings is 2. The number of fused-ring (bicyclic) bond motifs is 1. The van der Waals surface area contributed by atoms with Crippen LogP contribution in [0, 0.1) is 11.3 Å². The molecule has 40 heavy (non-hydrogen) atoms. The summed E-state index contributed by atoms with van der Waals surface area (Å²) >= 11 is 12.4. The van der Waals surface area contributed by atoms with E-state index in [1.54, 1.807) is 36.5 Å². The summed E-state index contributed by atoms with van der Waals surface area (Å²) in [6, 6.07) is 16.3. The van der Waals surface area contributed by atoms with Gasteiger partial charge in [0.15, 0.2) is 0 Å². The van der Waals surface area contributed by atoms with E-state index in [4.69, 9.17) is 37.5 Å². The number of carbonyl (C=O) groups excluding carboxylic acids is 1. The maximum Gasteiger partial charge on any atom is 0.268 e. The number of nitrogens with zero attached hydrogens (tertiary/aromatic N) is 4. The van der Waals surface area contributed by atoms with Crippen molar-refractivity contribution in [2.45, 2.75) is 26.1 Å². The van der Waals surface area contributed by atoms with E-state index >= 15 is 0 Å². The predicted molar refractivity (Wildman–Crippen MR) is 152 cm³/mol. The molecule has 5 rings (SSSR count). The van der Waals surface area contributed by atoms with E-state index in [1.165, 1.54) is 6.20 Å². The molecular weight excluding hydrogens is 555 g/mol. The molecule has 1 aliphatic heterocycles. The van der Waals surface area contributed by atoms with Gasteiger partial charge < -0.3 is 24.9 Å². The van der Waals surface area contributed by atoms with Gasteiger partial charge in [0.2, 0.25) is 6.10 Å². The van der Waals surface area contributed by atoms with Crippen LogP contribution in [0.1, 0.15) is 24.6 Å². The van der Waals surface area contributed by atoms with Crippen LogP contribution >= 0.6 is 23.2 Å². The highest BCUT2D eigenvalue weighted by atomic mass is 35.5. The van der Waals surface area contributed by atoms with E-state index in [0.717, 1.165) is 5.69 Å². The average Bonchev–Trinajstić information content (AvgIpc) is 3.40. The summed E-state index contributed by atoms with van der Waals surface area (Å²) in [6.45, 7) is 2.45. The van der Waals surface area contributed by atoms with E-state index in [0.29, 0.717) is 56.7 Å². The average molecular weight is 577 g/mol. The fourth-order valence-electron chi connectivity index (χ4n) is 3.99. The predicted octanol–water partition coefficient (Wildman–Crippen LogP) is 6.16. The van der Waals surface area contributed by atoms with Crippen LogP contribution in [0.25, 0.3) is 10.9 Å². The van der Waals surface area contributed by atoms with Crippen LogP contribution in [-0.4, -0.2) is 33.8 Å². The van der Waals surface area contributed by atoms with Crippen molar-refractivity contribution in [1.82, 2.24) is 9.97 Å². The molecule has 1 unspecified atom stereocenters. The van der Waals surface area contributed by atoms with Crippen molar-refractivity contribution in [3.05, 3.63) is 77.2 Å². The van der Waals surface area contributed by atoms with Gasteiger partial charge in [0.25, 0.3) is 5.91 Å². The van der Waals surface area contributed by atoms with Gasteiger partial charge >= 0.3 is 0 Å². The minimum absolute atomic E-state index is 0.167. The number of amides is 1. The van der Waals surface area contributed by atoms with Gasteiger partial charge in [0.1, 0.15) is 29.3 Å². The molecular formula is C28H22Cl2N6O4. The number of oxime groups is 1. The minimum Gasteiger partial charge on any atom is -0.492 e. The molecule has 1 amide bonds. The number of rotatable bonds is 9. The summed E-state index contributed by atoms with van der Waals surface area (Å²) in [5.41, 5.74) is 3.08. The summed E-state index contributed by atoms with van der Waals surface area (Å²) in [7, 11) is 0. The van der Waals surface area contributed by atoms with Gasteiger partial charge in [-0.1, -0.05) is 34.4 Å². The monoisotopic (exact) mass is 576 g/mol. The van der Waals surface area contributed by atoms with Crippen molar-refractivity contribution in [3.63, 3.8) is 0 Å². The van der Waals surface area contributed by atoms with Crippen LogP contribution in [0.5, 0.6) is 11.5 Å². The Morgan fingerprint density at radius 1 is 1.15 bits per heavy atom. The molecule has 0 spiro atoms. The number of halogens is 2. The third-order valence-electron chi connectivity index (χ3n) is 5.88. The molecule has 10 nitrogen and oxygen atoms in total. The van der Waals surface area contributed by atoms with Crippen LogP contribution in [0.2, 0.25) is 5.02 Å². The number of hydrogen-bond donors (Lipinski definition) is 2. The maximum absolute atomic E-state index is 12.8. The summed E-state index contributed by atoms with van der Waals surface area (Å²) < 4.78 is 11.6. The van der Waals surface area contributed by atoms with Crippen molar-refractivity contribution >= 4 is 62.2 Å². The molecule has 0 aliphatic carbocycles. The first kappa shape index (κ1) is 27.0. The Kier molecular flexibility index (Phi) is 8.15. The highest BCUT2D eigenvalue weighted by Crippen LogP contribution is 2.37. The number of ether oxygens (including phenoxy) is 2. The second kappa shape index (κ2) is 12.1. The molecule has 2 N–H and O–H groups in total. The molecule has 12 heteroatoms. The van der Waals surface area contributed by atoms with Crippen molar-refractivity contribution in [2.24, 2.45) is 5.16 Å². The summed E-state index contributed by atoms with van der Waals surface area (Å²) in [5, 5.41) is 20.7. The topological polar surface area (TPSA) is 131 Å². The first-order chi connectivity index (χ1) is 19.4.